The summed E-state index contributed by atoms with van der Waals surface area (Å²) in [4.78, 5) is 19.2. The predicted molar refractivity (Wildman–Crippen MR) is 115 cm³/mol. The van der Waals surface area contributed by atoms with Crippen molar-refractivity contribution >= 4 is 42.4 Å². The summed E-state index contributed by atoms with van der Waals surface area (Å²) in [6.45, 7) is 0.682. The van der Waals surface area contributed by atoms with Crippen LogP contribution in [0.15, 0.2) is 47.4 Å². The molecular formula is C21H19F3N2O4S2. The number of nitrogens with zero attached hydrogens (tertiary/aromatic N) is 2. The molecule has 0 spiro atoms. The second kappa shape index (κ2) is 8.45. The third kappa shape index (κ3) is 4.79. The molecule has 0 bridgehead atoms. The van der Waals surface area contributed by atoms with E-state index in [0.717, 1.165) is 42.6 Å². The maximum absolute atomic E-state index is 13.3. The monoisotopic (exact) mass is 484 g/mol. The zero-order valence-electron chi connectivity index (χ0n) is 16.9. The molecule has 1 amide bonds. The molecule has 1 aromatic heterocycles. The number of anilines is 1. The van der Waals surface area contributed by atoms with Gasteiger partial charge in [-0.1, -0.05) is 17.4 Å². The van der Waals surface area contributed by atoms with Crippen LogP contribution in [0.5, 0.6) is 0 Å². The lowest BCUT2D eigenvalue weighted by molar-refractivity contribution is -0.137. The molecular weight excluding hydrogens is 465 g/mol. The molecule has 170 valence electrons. The van der Waals surface area contributed by atoms with E-state index in [4.69, 9.17) is 4.74 Å². The lowest BCUT2D eigenvalue weighted by Gasteiger charge is -2.23. The summed E-state index contributed by atoms with van der Waals surface area (Å²) < 4.78 is 69.4. The van der Waals surface area contributed by atoms with Gasteiger partial charge in [-0.05, 0) is 49.2 Å². The highest BCUT2D eigenvalue weighted by Gasteiger charge is 2.32. The molecule has 0 N–H and O–H groups in total. The van der Waals surface area contributed by atoms with Gasteiger partial charge in [-0.3, -0.25) is 9.69 Å². The molecule has 1 aliphatic heterocycles. The Morgan fingerprint density at radius 2 is 2.03 bits per heavy atom. The van der Waals surface area contributed by atoms with Crippen LogP contribution in [-0.2, 0) is 20.8 Å². The van der Waals surface area contributed by atoms with Crippen molar-refractivity contribution in [2.24, 2.45) is 0 Å². The number of alkyl halides is 3. The van der Waals surface area contributed by atoms with Gasteiger partial charge in [-0.2, -0.15) is 13.2 Å². The number of hydrogen-bond acceptors (Lipinski definition) is 6. The van der Waals surface area contributed by atoms with Crippen LogP contribution in [0.1, 0.15) is 28.8 Å². The summed E-state index contributed by atoms with van der Waals surface area (Å²) in [7, 11) is -3.43. The van der Waals surface area contributed by atoms with Gasteiger partial charge in [0.2, 0.25) is 0 Å². The van der Waals surface area contributed by atoms with Crippen molar-refractivity contribution in [1.29, 1.82) is 0 Å². The molecule has 0 radical (unpaired) electrons. The van der Waals surface area contributed by atoms with Crippen LogP contribution in [0, 0.1) is 0 Å². The standard InChI is InChI=1S/C21H19F3N2O4S2/c1-32(28,29)16-7-8-17-18(11-16)31-20(25-17)26(12-15-6-3-9-30-15)19(27)13-4-2-5-14(10-13)21(22,23)24/h2,4-5,7-8,10-11,15H,3,6,9,12H2,1H3. The van der Waals surface area contributed by atoms with Crippen LogP contribution in [0.3, 0.4) is 0 Å². The van der Waals surface area contributed by atoms with Gasteiger partial charge < -0.3 is 4.74 Å². The normalized spacial score (nSPS) is 17.1. The molecule has 1 fully saturated rings. The molecule has 32 heavy (non-hydrogen) atoms. The van der Waals surface area contributed by atoms with Crippen molar-refractivity contribution in [3.8, 4) is 0 Å². The summed E-state index contributed by atoms with van der Waals surface area (Å²) in [6, 6.07) is 8.70. The van der Waals surface area contributed by atoms with Gasteiger partial charge in [0.1, 0.15) is 0 Å². The van der Waals surface area contributed by atoms with E-state index in [1.54, 1.807) is 6.07 Å². The lowest BCUT2D eigenvalue weighted by atomic mass is 10.1. The van der Waals surface area contributed by atoms with Crippen LogP contribution in [0.4, 0.5) is 18.3 Å². The largest absolute Gasteiger partial charge is 0.416 e. The number of carbonyl (C=O) groups excluding carboxylic acids is 1. The zero-order chi connectivity index (χ0) is 23.1. The SMILES string of the molecule is CS(=O)(=O)c1ccc2nc(N(CC3CCCO3)C(=O)c3cccc(C(F)(F)F)c3)sc2c1. The van der Waals surface area contributed by atoms with Crippen LogP contribution in [0.25, 0.3) is 10.2 Å². The van der Waals surface area contributed by atoms with E-state index in [1.165, 1.54) is 29.2 Å². The van der Waals surface area contributed by atoms with Gasteiger partial charge in [0, 0.05) is 18.4 Å². The number of fused-ring (bicyclic) bond motifs is 1. The Hall–Kier alpha value is -2.50. The number of halogens is 3. The van der Waals surface area contributed by atoms with Crippen molar-refractivity contribution in [2.45, 2.75) is 30.0 Å². The second-order valence-corrected chi connectivity index (χ2v) is 10.6. The van der Waals surface area contributed by atoms with Crippen LogP contribution in [-0.4, -0.2) is 44.8 Å². The second-order valence-electron chi connectivity index (χ2n) is 7.53. The number of rotatable bonds is 5. The fourth-order valence-corrected chi connectivity index (χ4v) is 5.20. The van der Waals surface area contributed by atoms with Gasteiger partial charge in [0.15, 0.2) is 15.0 Å². The van der Waals surface area contributed by atoms with Crippen molar-refractivity contribution in [3.63, 3.8) is 0 Å². The predicted octanol–water partition coefficient (Wildman–Crippen LogP) is 4.54. The number of ether oxygens (including phenoxy) is 1. The third-order valence-electron chi connectivity index (χ3n) is 5.10. The molecule has 2 aromatic carbocycles. The maximum Gasteiger partial charge on any atom is 0.416 e. The topological polar surface area (TPSA) is 76.6 Å². The Balaban J connectivity index is 1.74. The quantitative estimate of drug-likeness (QED) is 0.531. The van der Waals surface area contributed by atoms with Crippen molar-refractivity contribution in [1.82, 2.24) is 4.98 Å². The number of carbonyl (C=O) groups is 1. The Bertz CT molecular complexity index is 1270. The molecule has 0 aliphatic carbocycles. The lowest BCUT2D eigenvalue weighted by Crippen LogP contribution is -2.37. The average molecular weight is 485 g/mol. The number of amides is 1. The summed E-state index contributed by atoms with van der Waals surface area (Å²) in [5, 5.41) is 0.267. The molecule has 1 unspecified atom stereocenters. The van der Waals surface area contributed by atoms with Crippen molar-refractivity contribution < 1.29 is 31.1 Å². The summed E-state index contributed by atoms with van der Waals surface area (Å²) in [5.41, 5.74) is -0.539. The first kappa shape index (κ1) is 22.7. The molecule has 1 atom stereocenters. The van der Waals surface area contributed by atoms with E-state index < -0.39 is 27.5 Å². The van der Waals surface area contributed by atoms with Gasteiger partial charge in [-0.15, -0.1) is 0 Å². The van der Waals surface area contributed by atoms with E-state index in [1.807, 2.05) is 0 Å². The first-order valence-corrected chi connectivity index (χ1v) is 12.4. The first-order chi connectivity index (χ1) is 15.0. The number of benzene rings is 2. The maximum atomic E-state index is 13.3. The van der Waals surface area contributed by atoms with Gasteiger partial charge in [0.25, 0.3) is 5.91 Å². The fraction of sp³-hybridized carbons (Fsp3) is 0.333. The molecule has 4 rings (SSSR count). The Kier molecular flexibility index (Phi) is 5.99. The van der Waals surface area contributed by atoms with E-state index >= 15 is 0 Å². The minimum Gasteiger partial charge on any atom is -0.376 e. The Labute approximate surface area is 186 Å². The van der Waals surface area contributed by atoms with Crippen molar-refractivity contribution in [2.75, 3.05) is 24.3 Å². The number of hydrogen-bond donors (Lipinski definition) is 0. The molecule has 0 saturated carbocycles. The molecule has 6 nitrogen and oxygen atoms in total. The molecule has 2 heterocycles. The van der Waals surface area contributed by atoms with E-state index in [2.05, 4.69) is 4.98 Å². The van der Waals surface area contributed by atoms with E-state index in [0.29, 0.717) is 16.8 Å². The van der Waals surface area contributed by atoms with Gasteiger partial charge in [0.05, 0.1) is 33.3 Å². The first-order valence-electron chi connectivity index (χ1n) is 9.74. The number of sulfone groups is 1. The number of aromatic nitrogens is 1. The number of thiazole rings is 1. The fourth-order valence-electron chi connectivity index (χ4n) is 3.46. The Morgan fingerprint density at radius 3 is 2.69 bits per heavy atom. The van der Waals surface area contributed by atoms with Crippen LogP contribution in [0.2, 0.25) is 0 Å². The zero-order valence-corrected chi connectivity index (χ0v) is 18.6. The molecule has 3 aromatic rings. The highest BCUT2D eigenvalue weighted by atomic mass is 32.2. The van der Waals surface area contributed by atoms with Crippen LogP contribution >= 0.6 is 11.3 Å². The van der Waals surface area contributed by atoms with Crippen LogP contribution < -0.4 is 4.90 Å². The minimum absolute atomic E-state index is 0.117. The smallest absolute Gasteiger partial charge is 0.376 e. The highest BCUT2D eigenvalue weighted by Crippen LogP contribution is 2.34. The highest BCUT2D eigenvalue weighted by molar-refractivity contribution is 7.90. The summed E-state index contributed by atoms with van der Waals surface area (Å²) in [6.07, 6.45) is -2.20. The molecule has 1 saturated heterocycles. The average Bonchev–Trinajstić information content (AvgIpc) is 3.39. The van der Waals surface area contributed by atoms with E-state index in [9.17, 15) is 26.4 Å². The van der Waals surface area contributed by atoms with Crippen molar-refractivity contribution in [3.05, 3.63) is 53.6 Å². The van der Waals surface area contributed by atoms with E-state index in [-0.39, 0.29) is 28.2 Å². The van der Waals surface area contributed by atoms with Gasteiger partial charge >= 0.3 is 6.18 Å². The summed E-state index contributed by atoms with van der Waals surface area (Å²) in [5.74, 6) is -0.631. The Morgan fingerprint density at radius 1 is 1.25 bits per heavy atom. The van der Waals surface area contributed by atoms with Gasteiger partial charge in [-0.25, -0.2) is 13.4 Å². The molecule has 1 aliphatic rings. The third-order valence-corrected chi connectivity index (χ3v) is 7.25. The summed E-state index contributed by atoms with van der Waals surface area (Å²) >= 11 is 1.10. The molecule has 11 heteroatoms. The minimum atomic E-state index is -4.58.